The summed E-state index contributed by atoms with van der Waals surface area (Å²) in [6, 6.07) is 3.67. The van der Waals surface area contributed by atoms with Crippen LogP contribution in [0, 0.1) is 5.92 Å². The van der Waals surface area contributed by atoms with E-state index in [0.717, 1.165) is 50.2 Å². The van der Waals surface area contributed by atoms with E-state index in [-0.39, 0.29) is 17.9 Å². The minimum absolute atomic E-state index is 0.0333. The van der Waals surface area contributed by atoms with E-state index in [4.69, 9.17) is 0 Å². The monoisotopic (exact) mass is 349 g/mol. The van der Waals surface area contributed by atoms with Gasteiger partial charge in [-0.3, -0.25) is 9.59 Å². The van der Waals surface area contributed by atoms with Crippen LogP contribution >= 0.6 is 11.3 Å². The lowest BCUT2D eigenvalue weighted by Gasteiger charge is -2.30. The minimum atomic E-state index is -0.274. The molecule has 1 atom stereocenters. The van der Waals surface area contributed by atoms with Crippen molar-refractivity contribution in [1.29, 1.82) is 0 Å². The van der Waals surface area contributed by atoms with Gasteiger partial charge >= 0.3 is 0 Å². The highest BCUT2D eigenvalue weighted by Crippen LogP contribution is 2.21. The molecule has 0 spiro atoms. The summed E-state index contributed by atoms with van der Waals surface area (Å²) in [4.78, 5) is 30.3. The Kier molecular flexibility index (Phi) is 5.89. The molecule has 0 saturated carbocycles. The number of rotatable bonds is 5. The van der Waals surface area contributed by atoms with Crippen LogP contribution in [0.1, 0.15) is 30.6 Å². The molecule has 2 saturated heterocycles. The van der Waals surface area contributed by atoms with Gasteiger partial charge in [0.1, 0.15) is 6.04 Å². The Bertz CT molecular complexity index is 553. The van der Waals surface area contributed by atoms with E-state index in [2.05, 4.69) is 17.3 Å². The Morgan fingerprint density at radius 2 is 2.04 bits per heavy atom. The van der Waals surface area contributed by atoms with Gasteiger partial charge in [-0.25, -0.2) is 0 Å². The first-order valence-electron chi connectivity index (χ1n) is 8.91. The summed E-state index contributed by atoms with van der Waals surface area (Å²) in [6.07, 6.45) is 4.40. The lowest BCUT2D eigenvalue weighted by molar-refractivity contribution is -0.138. The molecule has 0 aliphatic carbocycles. The van der Waals surface area contributed by atoms with Crippen molar-refractivity contribution in [2.75, 3.05) is 33.2 Å². The molecule has 0 aromatic carbocycles. The predicted octanol–water partition coefficient (Wildman–Crippen LogP) is 1.74. The normalized spacial score (nSPS) is 22.7. The van der Waals surface area contributed by atoms with Gasteiger partial charge in [-0.05, 0) is 63.2 Å². The largest absolute Gasteiger partial charge is 0.354 e. The Morgan fingerprint density at radius 1 is 1.25 bits per heavy atom. The van der Waals surface area contributed by atoms with Gasteiger partial charge < -0.3 is 15.1 Å². The SMILES string of the molecule is CN1CCC(CNC(=O)C2CCCN2C(=O)Cc2cccs2)CC1. The number of hydrogen-bond donors (Lipinski definition) is 1. The van der Waals surface area contributed by atoms with Crippen LogP contribution < -0.4 is 5.32 Å². The zero-order valence-corrected chi connectivity index (χ0v) is 15.2. The van der Waals surface area contributed by atoms with Crippen LogP contribution in [0.3, 0.4) is 0 Å². The maximum Gasteiger partial charge on any atom is 0.242 e. The second-order valence-electron chi connectivity index (χ2n) is 6.99. The van der Waals surface area contributed by atoms with E-state index in [1.807, 2.05) is 17.5 Å². The molecule has 2 aliphatic rings. The molecule has 0 bridgehead atoms. The Hall–Kier alpha value is -1.40. The third-order valence-corrected chi connectivity index (χ3v) is 6.06. The number of nitrogens with zero attached hydrogens (tertiary/aromatic N) is 2. The molecule has 1 aromatic rings. The molecule has 3 rings (SSSR count). The van der Waals surface area contributed by atoms with Crippen molar-refractivity contribution < 1.29 is 9.59 Å². The molecule has 2 aliphatic heterocycles. The average molecular weight is 350 g/mol. The summed E-state index contributed by atoms with van der Waals surface area (Å²) in [5, 5.41) is 5.09. The van der Waals surface area contributed by atoms with Crippen molar-refractivity contribution in [2.24, 2.45) is 5.92 Å². The van der Waals surface area contributed by atoms with Crippen molar-refractivity contribution in [3.05, 3.63) is 22.4 Å². The van der Waals surface area contributed by atoms with Crippen LogP contribution in [0.25, 0.3) is 0 Å². The van der Waals surface area contributed by atoms with E-state index in [1.165, 1.54) is 0 Å². The molecule has 1 aromatic heterocycles. The third kappa shape index (κ3) is 4.36. The van der Waals surface area contributed by atoms with Gasteiger partial charge in [-0.1, -0.05) is 6.07 Å². The number of carbonyl (C=O) groups excluding carboxylic acids is 2. The summed E-state index contributed by atoms with van der Waals surface area (Å²) in [5.74, 6) is 0.683. The number of likely N-dealkylation sites (tertiary alicyclic amines) is 2. The number of nitrogens with one attached hydrogen (secondary N) is 1. The summed E-state index contributed by atoms with van der Waals surface area (Å²) in [5.41, 5.74) is 0. The van der Waals surface area contributed by atoms with Crippen LogP contribution in [-0.4, -0.2) is 60.9 Å². The number of hydrogen-bond acceptors (Lipinski definition) is 4. The lowest BCUT2D eigenvalue weighted by atomic mass is 9.97. The van der Waals surface area contributed by atoms with Gasteiger partial charge in [0, 0.05) is 18.0 Å². The van der Waals surface area contributed by atoms with Crippen LogP contribution in [0.5, 0.6) is 0 Å². The highest BCUT2D eigenvalue weighted by atomic mass is 32.1. The molecule has 1 unspecified atom stereocenters. The Balaban J connectivity index is 1.49. The van der Waals surface area contributed by atoms with Crippen LogP contribution in [-0.2, 0) is 16.0 Å². The van der Waals surface area contributed by atoms with Crippen molar-refractivity contribution in [1.82, 2.24) is 15.1 Å². The fourth-order valence-electron chi connectivity index (χ4n) is 3.63. The van der Waals surface area contributed by atoms with Gasteiger partial charge in [-0.2, -0.15) is 0 Å². The van der Waals surface area contributed by atoms with E-state index < -0.39 is 0 Å². The Labute approximate surface area is 148 Å². The van der Waals surface area contributed by atoms with Gasteiger partial charge in [0.15, 0.2) is 0 Å². The zero-order valence-electron chi connectivity index (χ0n) is 14.4. The average Bonchev–Trinajstić information content (AvgIpc) is 3.25. The molecule has 24 heavy (non-hydrogen) atoms. The fourth-order valence-corrected chi connectivity index (χ4v) is 4.33. The second-order valence-corrected chi connectivity index (χ2v) is 8.03. The molecule has 3 heterocycles. The molecular formula is C18H27N3O2S. The number of thiophene rings is 1. The molecule has 5 nitrogen and oxygen atoms in total. The first-order valence-corrected chi connectivity index (χ1v) is 9.79. The summed E-state index contributed by atoms with van der Waals surface area (Å²) < 4.78 is 0. The van der Waals surface area contributed by atoms with E-state index in [0.29, 0.717) is 18.9 Å². The summed E-state index contributed by atoms with van der Waals surface area (Å²) in [7, 11) is 2.14. The van der Waals surface area contributed by atoms with Crippen molar-refractivity contribution >= 4 is 23.2 Å². The number of amides is 2. The van der Waals surface area contributed by atoms with Crippen LogP contribution in [0.2, 0.25) is 0 Å². The minimum Gasteiger partial charge on any atom is -0.354 e. The fraction of sp³-hybridized carbons (Fsp3) is 0.667. The maximum absolute atomic E-state index is 12.6. The third-order valence-electron chi connectivity index (χ3n) is 5.18. The molecule has 1 N–H and O–H groups in total. The van der Waals surface area contributed by atoms with Crippen molar-refractivity contribution in [2.45, 2.75) is 38.1 Å². The highest BCUT2D eigenvalue weighted by molar-refractivity contribution is 7.10. The maximum atomic E-state index is 12.6. The Morgan fingerprint density at radius 3 is 2.75 bits per heavy atom. The van der Waals surface area contributed by atoms with Gasteiger partial charge in [0.2, 0.25) is 11.8 Å². The van der Waals surface area contributed by atoms with Gasteiger partial charge in [0.05, 0.1) is 6.42 Å². The van der Waals surface area contributed by atoms with E-state index >= 15 is 0 Å². The second kappa shape index (κ2) is 8.12. The number of piperidine rings is 1. The lowest BCUT2D eigenvalue weighted by Crippen LogP contribution is -2.48. The van der Waals surface area contributed by atoms with Crippen molar-refractivity contribution in [3.8, 4) is 0 Å². The molecule has 6 heteroatoms. The first kappa shape index (κ1) is 17.4. The van der Waals surface area contributed by atoms with Gasteiger partial charge in [-0.15, -0.1) is 11.3 Å². The van der Waals surface area contributed by atoms with Crippen LogP contribution in [0.4, 0.5) is 0 Å². The van der Waals surface area contributed by atoms with Crippen molar-refractivity contribution in [3.63, 3.8) is 0 Å². The molecule has 132 valence electrons. The number of carbonyl (C=O) groups is 2. The molecule has 2 amide bonds. The highest BCUT2D eigenvalue weighted by Gasteiger charge is 2.34. The molecular weight excluding hydrogens is 322 g/mol. The predicted molar refractivity (Wildman–Crippen MR) is 96.0 cm³/mol. The zero-order chi connectivity index (χ0) is 16.9. The first-order chi connectivity index (χ1) is 11.6. The molecule has 2 fully saturated rings. The van der Waals surface area contributed by atoms with Crippen LogP contribution in [0.15, 0.2) is 17.5 Å². The molecule has 0 radical (unpaired) electrons. The van der Waals surface area contributed by atoms with Gasteiger partial charge in [0.25, 0.3) is 0 Å². The standard InChI is InChI=1S/C18H27N3O2S/c1-20-9-6-14(7-10-20)13-19-18(23)16-5-2-8-21(16)17(22)12-15-4-3-11-24-15/h3-4,11,14,16H,2,5-10,12-13H2,1H3,(H,19,23). The topological polar surface area (TPSA) is 52.7 Å². The van der Waals surface area contributed by atoms with E-state index in [1.54, 1.807) is 16.2 Å². The smallest absolute Gasteiger partial charge is 0.242 e. The summed E-state index contributed by atoms with van der Waals surface area (Å²) >= 11 is 1.60. The van der Waals surface area contributed by atoms with E-state index in [9.17, 15) is 9.59 Å². The quantitative estimate of drug-likeness (QED) is 0.881. The summed E-state index contributed by atoms with van der Waals surface area (Å²) in [6.45, 7) is 3.66.